The maximum Gasteiger partial charge on any atom is 0.263 e. The molecule has 3 rings (SSSR count). The summed E-state index contributed by atoms with van der Waals surface area (Å²) in [7, 11) is 0. The van der Waals surface area contributed by atoms with Crippen LogP contribution in [0.4, 0.5) is 0 Å². The monoisotopic (exact) mass is 286 g/mol. The predicted octanol–water partition coefficient (Wildman–Crippen LogP) is 1.20. The Morgan fingerprint density at radius 3 is 2.81 bits per heavy atom. The summed E-state index contributed by atoms with van der Waals surface area (Å²) in [5, 5.41) is 7.71. The van der Waals surface area contributed by atoms with E-state index in [1.165, 1.54) is 0 Å². The molecule has 6 heteroatoms. The molecule has 6 nitrogen and oxygen atoms in total. The summed E-state index contributed by atoms with van der Waals surface area (Å²) in [5.41, 5.74) is 0. The van der Waals surface area contributed by atoms with Crippen molar-refractivity contribution < 1.29 is 9.53 Å². The molecule has 110 valence electrons. The van der Waals surface area contributed by atoms with Gasteiger partial charge in [0.1, 0.15) is 5.75 Å². The summed E-state index contributed by atoms with van der Waals surface area (Å²) in [6.07, 6.45) is 3.04. The molecule has 1 amide bonds. The van der Waals surface area contributed by atoms with Crippen LogP contribution in [0.1, 0.15) is 6.92 Å². The third-order valence-electron chi connectivity index (χ3n) is 3.59. The van der Waals surface area contributed by atoms with E-state index in [1.807, 2.05) is 41.4 Å². The SMILES string of the molecule is CC(Oc1ccccc1)C(=O)N1CC(Cn2ccnn2)C1. The molecule has 1 fully saturated rings. The first-order valence-corrected chi connectivity index (χ1v) is 7.07. The standard InChI is InChI=1S/C15H18N4O2/c1-12(21-14-5-3-2-4-6-14)15(20)18-9-13(10-18)11-19-8-7-16-17-19/h2-8,12-13H,9-11H2,1H3. The van der Waals surface area contributed by atoms with E-state index in [-0.39, 0.29) is 5.91 Å². The zero-order chi connectivity index (χ0) is 14.7. The van der Waals surface area contributed by atoms with Crippen LogP contribution in [0, 0.1) is 5.92 Å². The van der Waals surface area contributed by atoms with Crippen LogP contribution >= 0.6 is 0 Å². The predicted molar refractivity (Wildman–Crippen MR) is 76.6 cm³/mol. The van der Waals surface area contributed by atoms with Gasteiger partial charge in [-0.2, -0.15) is 0 Å². The Kier molecular flexibility index (Phi) is 3.85. The zero-order valence-corrected chi connectivity index (χ0v) is 11.9. The van der Waals surface area contributed by atoms with Crippen molar-refractivity contribution in [2.75, 3.05) is 13.1 Å². The molecule has 0 saturated carbocycles. The van der Waals surface area contributed by atoms with E-state index in [0.717, 1.165) is 25.4 Å². The van der Waals surface area contributed by atoms with Gasteiger partial charge in [-0.15, -0.1) is 5.10 Å². The van der Waals surface area contributed by atoms with Crippen LogP contribution in [0.2, 0.25) is 0 Å². The number of rotatable bonds is 5. The number of likely N-dealkylation sites (tertiary alicyclic amines) is 1. The highest BCUT2D eigenvalue weighted by molar-refractivity contribution is 5.81. The van der Waals surface area contributed by atoms with Gasteiger partial charge in [-0.1, -0.05) is 23.4 Å². The molecular formula is C15H18N4O2. The second kappa shape index (κ2) is 5.95. The average Bonchev–Trinajstić information content (AvgIpc) is 2.96. The third-order valence-corrected chi connectivity index (χ3v) is 3.59. The number of benzene rings is 1. The highest BCUT2D eigenvalue weighted by atomic mass is 16.5. The summed E-state index contributed by atoms with van der Waals surface area (Å²) in [4.78, 5) is 14.1. The van der Waals surface area contributed by atoms with Gasteiger partial charge in [-0.3, -0.25) is 9.48 Å². The minimum Gasteiger partial charge on any atom is -0.481 e. The molecule has 1 aromatic carbocycles. The minimum atomic E-state index is -0.459. The van der Waals surface area contributed by atoms with E-state index < -0.39 is 6.10 Å². The molecule has 0 N–H and O–H groups in total. The van der Waals surface area contributed by atoms with Crippen LogP contribution < -0.4 is 4.74 Å². The number of aromatic nitrogens is 3. The molecule has 2 aromatic rings. The minimum absolute atomic E-state index is 0.0358. The van der Waals surface area contributed by atoms with Gasteiger partial charge in [0.2, 0.25) is 0 Å². The number of hydrogen-bond donors (Lipinski definition) is 0. The van der Waals surface area contributed by atoms with Crippen molar-refractivity contribution in [3.63, 3.8) is 0 Å². The summed E-state index contributed by atoms with van der Waals surface area (Å²) in [5.74, 6) is 1.20. The number of hydrogen-bond acceptors (Lipinski definition) is 4. The first-order chi connectivity index (χ1) is 10.2. The second-order valence-electron chi connectivity index (χ2n) is 5.31. The van der Waals surface area contributed by atoms with Gasteiger partial charge in [0, 0.05) is 31.7 Å². The fraction of sp³-hybridized carbons (Fsp3) is 0.400. The fourth-order valence-corrected chi connectivity index (χ4v) is 2.47. The third kappa shape index (κ3) is 3.21. The van der Waals surface area contributed by atoms with Gasteiger partial charge >= 0.3 is 0 Å². The van der Waals surface area contributed by atoms with Gasteiger partial charge in [0.25, 0.3) is 5.91 Å². The van der Waals surface area contributed by atoms with Crippen molar-refractivity contribution in [2.24, 2.45) is 5.92 Å². The van der Waals surface area contributed by atoms with Crippen molar-refractivity contribution in [3.05, 3.63) is 42.7 Å². The lowest BCUT2D eigenvalue weighted by Crippen LogP contribution is -2.54. The first-order valence-electron chi connectivity index (χ1n) is 7.07. The van der Waals surface area contributed by atoms with Gasteiger partial charge in [0.15, 0.2) is 6.10 Å². The molecule has 2 heterocycles. The molecule has 0 spiro atoms. The lowest BCUT2D eigenvalue weighted by molar-refractivity contribution is -0.144. The number of amides is 1. The first kappa shape index (κ1) is 13.6. The molecule has 0 bridgehead atoms. The smallest absolute Gasteiger partial charge is 0.263 e. The summed E-state index contributed by atoms with van der Waals surface area (Å²) >= 11 is 0. The molecule has 21 heavy (non-hydrogen) atoms. The molecule has 0 radical (unpaired) electrons. The molecule has 1 aliphatic rings. The molecule has 1 atom stereocenters. The lowest BCUT2D eigenvalue weighted by atomic mass is 9.99. The number of carbonyl (C=O) groups is 1. The van der Waals surface area contributed by atoms with Crippen LogP contribution in [0.15, 0.2) is 42.7 Å². The molecule has 1 aromatic heterocycles. The van der Waals surface area contributed by atoms with E-state index in [2.05, 4.69) is 10.3 Å². The molecule has 1 saturated heterocycles. The maximum atomic E-state index is 12.2. The highest BCUT2D eigenvalue weighted by Gasteiger charge is 2.33. The van der Waals surface area contributed by atoms with Gasteiger partial charge in [-0.05, 0) is 19.1 Å². The largest absolute Gasteiger partial charge is 0.481 e. The molecule has 1 unspecified atom stereocenters. The summed E-state index contributed by atoms with van der Waals surface area (Å²) in [6, 6.07) is 9.42. The summed E-state index contributed by atoms with van der Waals surface area (Å²) < 4.78 is 7.46. The lowest BCUT2D eigenvalue weighted by Gasteiger charge is -2.40. The van der Waals surface area contributed by atoms with E-state index >= 15 is 0 Å². The second-order valence-corrected chi connectivity index (χ2v) is 5.31. The number of ether oxygens (including phenoxy) is 1. The van der Waals surface area contributed by atoms with Crippen molar-refractivity contribution in [2.45, 2.75) is 19.6 Å². The van der Waals surface area contributed by atoms with Gasteiger partial charge in [-0.25, -0.2) is 0 Å². The normalized spacial score (nSPS) is 16.3. The van der Waals surface area contributed by atoms with Crippen molar-refractivity contribution in [1.29, 1.82) is 0 Å². The van der Waals surface area contributed by atoms with Crippen LogP contribution in [0.5, 0.6) is 5.75 Å². The Hall–Kier alpha value is -2.37. The zero-order valence-electron chi connectivity index (χ0n) is 11.9. The Morgan fingerprint density at radius 1 is 1.38 bits per heavy atom. The number of para-hydroxylation sites is 1. The number of carbonyl (C=O) groups excluding carboxylic acids is 1. The van der Waals surface area contributed by atoms with E-state index in [1.54, 1.807) is 17.8 Å². The summed E-state index contributed by atoms with van der Waals surface area (Å²) in [6.45, 7) is 4.10. The van der Waals surface area contributed by atoms with Crippen LogP contribution in [-0.2, 0) is 11.3 Å². The van der Waals surface area contributed by atoms with E-state index in [0.29, 0.717) is 5.92 Å². The van der Waals surface area contributed by atoms with E-state index in [4.69, 9.17) is 4.74 Å². The highest BCUT2D eigenvalue weighted by Crippen LogP contribution is 2.20. The Labute approximate surface area is 123 Å². The van der Waals surface area contributed by atoms with Crippen molar-refractivity contribution in [3.8, 4) is 5.75 Å². The fourth-order valence-electron chi connectivity index (χ4n) is 2.47. The quantitative estimate of drug-likeness (QED) is 0.829. The molecular weight excluding hydrogens is 268 g/mol. The maximum absolute atomic E-state index is 12.2. The molecule has 1 aliphatic heterocycles. The van der Waals surface area contributed by atoms with E-state index in [9.17, 15) is 4.79 Å². The van der Waals surface area contributed by atoms with Crippen LogP contribution in [0.25, 0.3) is 0 Å². The average molecular weight is 286 g/mol. The van der Waals surface area contributed by atoms with Crippen molar-refractivity contribution >= 4 is 5.91 Å². The Bertz CT molecular complexity index is 579. The van der Waals surface area contributed by atoms with Gasteiger partial charge in [0.05, 0.1) is 6.20 Å². The van der Waals surface area contributed by atoms with Gasteiger partial charge < -0.3 is 9.64 Å². The topological polar surface area (TPSA) is 60.2 Å². The number of nitrogens with zero attached hydrogens (tertiary/aromatic N) is 4. The van der Waals surface area contributed by atoms with Crippen LogP contribution in [-0.4, -0.2) is 45.0 Å². The molecule has 0 aliphatic carbocycles. The Morgan fingerprint density at radius 2 is 2.14 bits per heavy atom. The van der Waals surface area contributed by atoms with Crippen molar-refractivity contribution in [1.82, 2.24) is 19.9 Å². The van der Waals surface area contributed by atoms with Crippen LogP contribution in [0.3, 0.4) is 0 Å². The Balaban J connectivity index is 1.46.